The summed E-state index contributed by atoms with van der Waals surface area (Å²) in [6.45, 7) is 0.622. The number of hydrogen-bond donors (Lipinski definition) is 1. The van der Waals surface area contributed by atoms with Crippen molar-refractivity contribution in [2.24, 2.45) is 5.73 Å². The summed E-state index contributed by atoms with van der Waals surface area (Å²) in [5, 5.41) is 0. The molecule has 1 aromatic carbocycles. The number of hydrogen-bond acceptors (Lipinski definition) is 1. The molecule has 0 radical (unpaired) electrons. The monoisotopic (exact) mass is 159 g/mol. The Kier molecular flexibility index (Phi) is 1.96. The highest BCUT2D eigenvalue weighted by Gasteiger charge is 2.11. The molecule has 1 aliphatic rings. The first-order chi connectivity index (χ1) is 5.90. The van der Waals surface area contributed by atoms with Crippen molar-refractivity contribution in [1.82, 2.24) is 0 Å². The van der Waals surface area contributed by atoms with Crippen molar-refractivity contribution in [1.29, 1.82) is 0 Å². The van der Waals surface area contributed by atoms with Crippen molar-refractivity contribution in [2.45, 2.75) is 12.8 Å². The summed E-state index contributed by atoms with van der Waals surface area (Å²) in [6.07, 6.45) is 6.58. The molecule has 2 rings (SSSR count). The lowest BCUT2D eigenvalue weighted by atomic mass is 9.87. The number of rotatable bonds is 2. The summed E-state index contributed by atoms with van der Waals surface area (Å²) in [4.78, 5) is 0. The van der Waals surface area contributed by atoms with Crippen LogP contribution in [-0.2, 0) is 12.8 Å². The van der Waals surface area contributed by atoms with Gasteiger partial charge in [-0.1, -0.05) is 30.4 Å². The van der Waals surface area contributed by atoms with Gasteiger partial charge < -0.3 is 5.73 Å². The Balaban J connectivity index is 2.23. The third-order valence-electron chi connectivity index (χ3n) is 2.34. The fourth-order valence-corrected chi connectivity index (χ4v) is 1.52. The summed E-state index contributed by atoms with van der Waals surface area (Å²) >= 11 is 0. The van der Waals surface area contributed by atoms with Crippen molar-refractivity contribution >= 4 is 6.08 Å². The Morgan fingerprint density at radius 3 is 2.67 bits per heavy atom. The van der Waals surface area contributed by atoms with Gasteiger partial charge in [0.2, 0.25) is 0 Å². The quantitative estimate of drug-likeness (QED) is 0.699. The second-order valence-corrected chi connectivity index (χ2v) is 3.17. The second-order valence-electron chi connectivity index (χ2n) is 3.17. The van der Waals surface area contributed by atoms with Crippen LogP contribution in [0.25, 0.3) is 6.08 Å². The van der Waals surface area contributed by atoms with Gasteiger partial charge in [0, 0.05) is 6.54 Å². The third-order valence-corrected chi connectivity index (χ3v) is 2.34. The first-order valence-corrected chi connectivity index (χ1v) is 4.38. The Hall–Kier alpha value is -1.08. The average molecular weight is 159 g/mol. The molecule has 1 nitrogen and oxygen atoms in total. The fourth-order valence-electron chi connectivity index (χ4n) is 1.52. The van der Waals surface area contributed by atoms with E-state index in [0.717, 1.165) is 0 Å². The van der Waals surface area contributed by atoms with Crippen molar-refractivity contribution in [3.05, 3.63) is 41.0 Å². The molecule has 0 aliphatic heterocycles. The molecule has 1 heteroatoms. The van der Waals surface area contributed by atoms with Crippen LogP contribution >= 0.6 is 0 Å². The zero-order chi connectivity index (χ0) is 8.39. The van der Waals surface area contributed by atoms with E-state index in [1.807, 2.05) is 6.08 Å². The lowest BCUT2D eigenvalue weighted by Crippen LogP contribution is -2.07. The number of aryl methyl sites for hydroxylation is 2. The first kappa shape index (κ1) is 7.56. The minimum Gasteiger partial charge on any atom is -0.327 e. The topological polar surface area (TPSA) is 26.0 Å². The van der Waals surface area contributed by atoms with Crippen molar-refractivity contribution in [3.63, 3.8) is 0 Å². The van der Waals surface area contributed by atoms with E-state index in [-0.39, 0.29) is 0 Å². The zero-order valence-electron chi connectivity index (χ0n) is 7.09. The summed E-state index contributed by atoms with van der Waals surface area (Å²) in [5.41, 5.74) is 9.67. The summed E-state index contributed by atoms with van der Waals surface area (Å²) in [5.74, 6) is 0. The van der Waals surface area contributed by atoms with Gasteiger partial charge in [0.15, 0.2) is 0 Å². The predicted molar refractivity (Wildman–Crippen MR) is 51.9 cm³/mol. The summed E-state index contributed by atoms with van der Waals surface area (Å²) in [6, 6.07) is 6.63. The second kappa shape index (κ2) is 3.11. The first-order valence-electron chi connectivity index (χ1n) is 4.38. The van der Waals surface area contributed by atoms with Crippen molar-refractivity contribution in [2.75, 3.05) is 6.54 Å². The van der Waals surface area contributed by atoms with Crippen LogP contribution in [0.4, 0.5) is 0 Å². The smallest absolute Gasteiger partial charge is 0.0110 e. The van der Waals surface area contributed by atoms with E-state index in [0.29, 0.717) is 6.54 Å². The zero-order valence-corrected chi connectivity index (χ0v) is 7.09. The summed E-state index contributed by atoms with van der Waals surface area (Å²) in [7, 11) is 0. The number of benzene rings is 1. The lowest BCUT2D eigenvalue weighted by molar-refractivity contribution is 0.839. The normalized spacial score (nSPS) is 14.4. The lowest BCUT2D eigenvalue weighted by Gasteiger charge is -2.18. The van der Waals surface area contributed by atoms with Crippen molar-refractivity contribution in [3.8, 4) is 0 Å². The Labute approximate surface area is 72.9 Å². The standard InChI is InChI=1S/C11H13N/c12-7-1-2-9-3-4-10-5-6-11(10)8-9/h1-4,8H,5-7,12H2. The summed E-state index contributed by atoms with van der Waals surface area (Å²) < 4.78 is 0. The molecule has 0 saturated carbocycles. The van der Waals surface area contributed by atoms with Gasteiger partial charge in [0.25, 0.3) is 0 Å². The third kappa shape index (κ3) is 1.28. The van der Waals surface area contributed by atoms with Gasteiger partial charge in [-0.15, -0.1) is 0 Å². The van der Waals surface area contributed by atoms with Crippen LogP contribution in [0, 0.1) is 0 Å². The molecule has 0 aromatic heterocycles. The SMILES string of the molecule is NCC=Cc1ccc2c(c1)CC2. The van der Waals surface area contributed by atoms with E-state index in [9.17, 15) is 0 Å². The molecule has 12 heavy (non-hydrogen) atoms. The van der Waals surface area contributed by atoms with Crippen LogP contribution < -0.4 is 5.73 Å². The van der Waals surface area contributed by atoms with Crippen LogP contribution in [-0.4, -0.2) is 6.54 Å². The van der Waals surface area contributed by atoms with E-state index < -0.39 is 0 Å². The molecular weight excluding hydrogens is 146 g/mol. The van der Waals surface area contributed by atoms with E-state index in [1.54, 1.807) is 0 Å². The van der Waals surface area contributed by atoms with Gasteiger partial charge in [-0.25, -0.2) is 0 Å². The molecule has 62 valence electrons. The van der Waals surface area contributed by atoms with Gasteiger partial charge in [0.05, 0.1) is 0 Å². The van der Waals surface area contributed by atoms with Crippen LogP contribution in [0.5, 0.6) is 0 Å². The van der Waals surface area contributed by atoms with Gasteiger partial charge in [-0.3, -0.25) is 0 Å². The Morgan fingerprint density at radius 1 is 1.25 bits per heavy atom. The molecule has 0 bridgehead atoms. The van der Waals surface area contributed by atoms with Gasteiger partial charge in [-0.05, 0) is 29.5 Å². The van der Waals surface area contributed by atoms with Gasteiger partial charge in [0.1, 0.15) is 0 Å². The fraction of sp³-hybridized carbons (Fsp3) is 0.273. The average Bonchev–Trinajstić information content (AvgIpc) is 2.05. The molecule has 2 N–H and O–H groups in total. The highest BCUT2D eigenvalue weighted by molar-refractivity contribution is 5.53. The van der Waals surface area contributed by atoms with Gasteiger partial charge >= 0.3 is 0 Å². The molecule has 0 atom stereocenters. The van der Waals surface area contributed by atoms with Crippen molar-refractivity contribution < 1.29 is 0 Å². The molecule has 0 amide bonds. The van der Waals surface area contributed by atoms with Gasteiger partial charge in [-0.2, -0.15) is 0 Å². The van der Waals surface area contributed by atoms with E-state index in [4.69, 9.17) is 5.73 Å². The van der Waals surface area contributed by atoms with E-state index in [1.165, 1.54) is 29.5 Å². The minimum absolute atomic E-state index is 0.622. The maximum absolute atomic E-state index is 5.37. The van der Waals surface area contributed by atoms with E-state index in [2.05, 4.69) is 24.3 Å². The largest absolute Gasteiger partial charge is 0.327 e. The van der Waals surface area contributed by atoms with E-state index >= 15 is 0 Å². The molecule has 1 aliphatic carbocycles. The highest BCUT2D eigenvalue weighted by Crippen LogP contribution is 2.23. The molecule has 0 spiro atoms. The van der Waals surface area contributed by atoms with Crippen LogP contribution in [0.2, 0.25) is 0 Å². The number of fused-ring (bicyclic) bond motifs is 1. The molecule has 0 fully saturated rings. The molecule has 0 saturated heterocycles. The Bertz CT molecular complexity index is 313. The highest BCUT2D eigenvalue weighted by atomic mass is 14.5. The minimum atomic E-state index is 0.622. The Morgan fingerprint density at radius 2 is 2.08 bits per heavy atom. The van der Waals surface area contributed by atoms with Crippen LogP contribution in [0.1, 0.15) is 16.7 Å². The maximum Gasteiger partial charge on any atom is 0.0110 e. The van der Waals surface area contributed by atoms with Crippen LogP contribution in [0.15, 0.2) is 24.3 Å². The molecule has 0 unspecified atom stereocenters. The van der Waals surface area contributed by atoms with Crippen LogP contribution in [0.3, 0.4) is 0 Å². The molecular formula is C11H13N. The molecule has 0 heterocycles. The number of nitrogens with two attached hydrogens (primary N) is 1. The maximum atomic E-state index is 5.37. The molecule has 1 aromatic rings. The predicted octanol–water partition coefficient (Wildman–Crippen LogP) is 1.76.